The van der Waals surface area contributed by atoms with Crippen molar-refractivity contribution in [2.45, 2.75) is 26.4 Å². The molecule has 21 heavy (non-hydrogen) atoms. The minimum absolute atomic E-state index is 0.125. The van der Waals surface area contributed by atoms with Gasteiger partial charge in [-0.25, -0.2) is 9.78 Å². The molecule has 2 rings (SSSR count). The molecule has 0 unspecified atom stereocenters. The number of amides is 1. The van der Waals surface area contributed by atoms with Crippen LogP contribution in [0.4, 0.5) is 10.6 Å². The lowest BCUT2D eigenvalue weighted by atomic mass is 10.1. The van der Waals surface area contributed by atoms with Gasteiger partial charge in [0.05, 0.1) is 18.1 Å². The van der Waals surface area contributed by atoms with Gasteiger partial charge in [-0.1, -0.05) is 12.1 Å². The Morgan fingerprint density at radius 1 is 1.19 bits per heavy atom. The fourth-order valence-electron chi connectivity index (χ4n) is 1.63. The van der Waals surface area contributed by atoms with Crippen LogP contribution in [0.15, 0.2) is 36.7 Å². The number of hydrogen-bond donors (Lipinski definition) is 2. The van der Waals surface area contributed by atoms with Gasteiger partial charge in [0.1, 0.15) is 11.4 Å². The van der Waals surface area contributed by atoms with Crippen molar-refractivity contribution < 1.29 is 14.6 Å². The molecule has 1 aromatic heterocycles. The van der Waals surface area contributed by atoms with Crippen molar-refractivity contribution in [1.82, 2.24) is 9.97 Å². The Morgan fingerprint density at radius 2 is 1.90 bits per heavy atom. The molecule has 0 bridgehead atoms. The predicted molar refractivity (Wildman–Crippen MR) is 79.0 cm³/mol. The largest absolute Gasteiger partial charge is 0.507 e. The molecule has 0 spiro atoms. The van der Waals surface area contributed by atoms with Crippen LogP contribution in [-0.2, 0) is 4.74 Å². The average Bonchev–Trinajstić information content (AvgIpc) is 2.38. The zero-order valence-electron chi connectivity index (χ0n) is 12.1. The van der Waals surface area contributed by atoms with E-state index in [9.17, 15) is 9.90 Å². The minimum Gasteiger partial charge on any atom is -0.507 e. The molecule has 0 aliphatic rings. The maximum Gasteiger partial charge on any atom is 0.413 e. The highest BCUT2D eigenvalue weighted by molar-refractivity contribution is 5.83. The Kier molecular flexibility index (Phi) is 4.07. The normalized spacial score (nSPS) is 11.0. The van der Waals surface area contributed by atoms with E-state index in [1.165, 1.54) is 12.4 Å². The SMILES string of the molecule is CC(C)(C)OC(=O)Nc1cnc(-c2ccccc2O)cn1. The second-order valence-corrected chi connectivity index (χ2v) is 5.43. The molecule has 2 N–H and O–H groups in total. The number of phenolic OH excluding ortho intramolecular Hbond substituents is 1. The quantitative estimate of drug-likeness (QED) is 0.886. The van der Waals surface area contributed by atoms with Crippen molar-refractivity contribution in [3.8, 4) is 17.0 Å². The van der Waals surface area contributed by atoms with E-state index in [4.69, 9.17) is 4.74 Å². The highest BCUT2D eigenvalue weighted by Gasteiger charge is 2.16. The molecule has 0 saturated carbocycles. The third-order valence-electron chi connectivity index (χ3n) is 2.46. The number of aromatic hydroxyl groups is 1. The van der Waals surface area contributed by atoms with Crippen LogP contribution in [0.3, 0.4) is 0 Å². The number of hydrogen-bond acceptors (Lipinski definition) is 5. The van der Waals surface area contributed by atoms with Crippen LogP contribution >= 0.6 is 0 Å². The first-order valence-corrected chi connectivity index (χ1v) is 6.45. The second kappa shape index (κ2) is 5.78. The summed E-state index contributed by atoms with van der Waals surface area (Å²) >= 11 is 0. The molecule has 0 saturated heterocycles. The van der Waals surface area contributed by atoms with Crippen LogP contribution in [0.1, 0.15) is 20.8 Å². The first-order valence-electron chi connectivity index (χ1n) is 6.45. The molecular formula is C15H17N3O3. The zero-order valence-corrected chi connectivity index (χ0v) is 12.1. The molecule has 0 aliphatic carbocycles. The Balaban J connectivity index is 2.10. The smallest absolute Gasteiger partial charge is 0.413 e. The number of phenols is 1. The van der Waals surface area contributed by atoms with Gasteiger partial charge >= 0.3 is 6.09 Å². The lowest BCUT2D eigenvalue weighted by Gasteiger charge is -2.19. The van der Waals surface area contributed by atoms with Gasteiger partial charge in [-0.3, -0.25) is 10.3 Å². The Morgan fingerprint density at radius 3 is 2.48 bits per heavy atom. The highest BCUT2D eigenvalue weighted by atomic mass is 16.6. The first kappa shape index (κ1) is 14.8. The molecule has 2 aromatic rings. The maximum absolute atomic E-state index is 11.6. The number of nitrogens with zero attached hydrogens (tertiary/aromatic N) is 2. The Bertz CT molecular complexity index is 633. The van der Waals surface area contributed by atoms with Crippen LogP contribution in [0.25, 0.3) is 11.3 Å². The standard InChI is InChI=1S/C15H17N3O3/c1-15(2,3)21-14(20)18-13-9-16-11(8-17-13)10-6-4-5-7-12(10)19/h4-9,19H,1-3H3,(H,17,18,20). The number of anilines is 1. The molecule has 6 heteroatoms. The fraction of sp³-hybridized carbons (Fsp3) is 0.267. The van der Waals surface area contributed by atoms with Crippen molar-refractivity contribution in [3.05, 3.63) is 36.7 Å². The lowest BCUT2D eigenvalue weighted by molar-refractivity contribution is 0.0635. The van der Waals surface area contributed by atoms with Gasteiger partial charge in [0.2, 0.25) is 0 Å². The summed E-state index contributed by atoms with van der Waals surface area (Å²) in [6, 6.07) is 6.83. The summed E-state index contributed by atoms with van der Waals surface area (Å²) < 4.78 is 5.12. The topological polar surface area (TPSA) is 84.3 Å². The number of benzene rings is 1. The number of carbonyl (C=O) groups is 1. The van der Waals surface area contributed by atoms with Gasteiger partial charge < -0.3 is 9.84 Å². The van der Waals surface area contributed by atoms with Crippen LogP contribution in [0, 0.1) is 0 Å². The number of nitrogens with one attached hydrogen (secondary N) is 1. The van der Waals surface area contributed by atoms with E-state index in [1.54, 1.807) is 45.0 Å². The van der Waals surface area contributed by atoms with E-state index in [1.807, 2.05) is 0 Å². The highest BCUT2D eigenvalue weighted by Crippen LogP contribution is 2.26. The Hall–Kier alpha value is -2.63. The summed E-state index contributed by atoms with van der Waals surface area (Å²) in [7, 11) is 0. The monoisotopic (exact) mass is 287 g/mol. The van der Waals surface area contributed by atoms with Gasteiger partial charge in [-0.05, 0) is 32.9 Å². The third kappa shape index (κ3) is 4.17. The number of carbonyl (C=O) groups excluding carboxylic acids is 1. The Labute approximate surface area is 122 Å². The van der Waals surface area contributed by atoms with E-state index in [0.717, 1.165) is 0 Å². The second-order valence-electron chi connectivity index (χ2n) is 5.43. The maximum atomic E-state index is 11.6. The molecule has 110 valence electrons. The number of para-hydroxylation sites is 1. The van der Waals surface area contributed by atoms with E-state index in [2.05, 4.69) is 15.3 Å². The predicted octanol–water partition coefficient (Wildman–Crippen LogP) is 3.20. The summed E-state index contributed by atoms with van der Waals surface area (Å²) in [6.45, 7) is 5.33. The molecule has 0 aliphatic heterocycles. The summed E-state index contributed by atoms with van der Waals surface area (Å²) in [4.78, 5) is 19.8. The molecule has 0 radical (unpaired) electrons. The molecule has 1 aromatic carbocycles. The van der Waals surface area contributed by atoms with Crippen molar-refractivity contribution in [1.29, 1.82) is 0 Å². The van der Waals surface area contributed by atoms with Crippen molar-refractivity contribution in [3.63, 3.8) is 0 Å². The number of rotatable bonds is 2. The molecule has 0 fully saturated rings. The summed E-state index contributed by atoms with van der Waals surface area (Å²) in [5.74, 6) is 0.406. The van der Waals surface area contributed by atoms with E-state index >= 15 is 0 Å². The number of aromatic nitrogens is 2. The van der Waals surface area contributed by atoms with Gasteiger partial charge in [-0.15, -0.1) is 0 Å². The van der Waals surface area contributed by atoms with Gasteiger partial charge in [0.25, 0.3) is 0 Å². The van der Waals surface area contributed by atoms with Crippen LogP contribution in [0.5, 0.6) is 5.75 Å². The summed E-state index contributed by atoms with van der Waals surface area (Å²) in [5, 5.41) is 12.2. The van der Waals surface area contributed by atoms with Crippen molar-refractivity contribution in [2.24, 2.45) is 0 Å². The minimum atomic E-state index is -0.591. The van der Waals surface area contributed by atoms with E-state index in [-0.39, 0.29) is 11.6 Å². The van der Waals surface area contributed by atoms with Crippen molar-refractivity contribution >= 4 is 11.9 Å². The molecule has 1 heterocycles. The zero-order chi connectivity index (χ0) is 15.5. The fourth-order valence-corrected chi connectivity index (χ4v) is 1.63. The van der Waals surface area contributed by atoms with Gasteiger partial charge in [0.15, 0.2) is 5.82 Å². The average molecular weight is 287 g/mol. The van der Waals surface area contributed by atoms with Gasteiger partial charge in [-0.2, -0.15) is 0 Å². The number of ether oxygens (including phenoxy) is 1. The van der Waals surface area contributed by atoms with Crippen LogP contribution in [0.2, 0.25) is 0 Å². The molecule has 0 atom stereocenters. The third-order valence-corrected chi connectivity index (χ3v) is 2.46. The van der Waals surface area contributed by atoms with Crippen LogP contribution in [-0.4, -0.2) is 26.8 Å². The van der Waals surface area contributed by atoms with E-state index in [0.29, 0.717) is 11.3 Å². The molecule has 1 amide bonds. The molecular weight excluding hydrogens is 270 g/mol. The lowest BCUT2D eigenvalue weighted by Crippen LogP contribution is -2.27. The van der Waals surface area contributed by atoms with Crippen molar-refractivity contribution in [2.75, 3.05) is 5.32 Å². The summed E-state index contributed by atoms with van der Waals surface area (Å²) in [5.41, 5.74) is 0.518. The molecule has 6 nitrogen and oxygen atoms in total. The first-order chi connectivity index (χ1) is 9.85. The van der Waals surface area contributed by atoms with Gasteiger partial charge in [0, 0.05) is 5.56 Å². The van der Waals surface area contributed by atoms with E-state index < -0.39 is 11.7 Å². The summed E-state index contributed by atoms with van der Waals surface area (Å²) in [6.07, 6.45) is 2.29. The van der Waals surface area contributed by atoms with Crippen LogP contribution < -0.4 is 5.32 Å².